The van der Waals surface area contributed by atoms with Crippen LogP contribution in [0.2, 0.25) is 0 Å². The summed E-state index contributed by atoms with van der Waals surface area (Å²) < 4.78 is 5.33. The summed E-state index contributed by atoms with van der Waals surface area (Å²) in [5, 5.41) is 0.917. The van der Waals surface area contributed by atoms with Gasteiger partial charge in [-0.15, -0.1) is 0 Å². The number of amides is 2. The van der Waals surface area contributed by atoms with Crippen LogP contribution in [0.15, 0.2) is 60.7 Å². The highest BCUT2D eigenvalue weighted by molar-refractivity contribution is 5.99. The first kappa shape index (κ1) is 20.0. The van der Waals surface area contributed by atoms with Crippen LogP contribution in [0.1, 0.15) is 40.6 Å². The molecule has 0 bridgehead atoms. The van der Waals surface area contributed by atoms with Crippen LogP contribution in [0, 0.1) is 0 Å². The molecule has 0 fully saturated rings. The molecule has 7 nitrogen and oxygen atoms in total. The zero-order valence-electron chi connectivity index (χ0n) is 16.0. The molecule has 148 valence electrons. The zero-order valence-corrected chi connectivity index (χ0v) is 16.0. The summed E-state index contributed by atoms with van der Waals surface area (Å²) in [5.74, 6) is -0.460. The second-order valence-electron chi connectivity index (χ2n) is 6.27. The second-order valence-corrected chi connectivity index (χ2v) is 6.27. The van der Waals surface area contributed by atoms with Crippen molar-refractivity contribution in [2.45, 2.75) is 19.8 Å². The average Bonchev–Trinajstić information content (AvgIpc) is 2.76. The van der Waals surface area contributed by atoms with Crippen LogP contribution in [-0.2, 0) is 4.79 Å². The molecule has 29 heavy (non-hydrogen) atoms. The summed E-state index contributed by atoms with van der Waals surface area (Å²) in [6, 6.07) is 17.6. The molecular weight excluding hydrogens is 370 g/mol. The maximum Gasteiger partial charge on any atom is 0.288 e. The van der Waals surface area contributed by atoms with Gasteiger partial charge in [-0.25, -0.2) is 4.98 Å². The third-order valence-electron chi connectivity index (χ3n) is 4.21. The molecule has 0 unspecified atom stereocenters. The van der Waals surface area contributed by atoms with Gasteiger partial charge in [0.25, 0.3) is 5.91 Å². The zero-order chi connectivity index (χ0) is 20.6. The fourth-order valence-corrected chi connectivity index (χ4v) is 2.72. The Hall–Kier alpha value is -3.74. The number of benzene rings is 2. The van der Waals surface area contributed by atoms with Crippen LogP contribution in [0.25, 0.3) is 10.9 Å². The van der Waals surface area contributed by atoms with Crippen LogP contribution in [-0.4, -0.2) is 29.2 Å². The number of pyridine rings is 1. The SMILES string of the molecule is CCOc1ccc(C(=O)CCC(=O)NNC(=O)c2ccc3ccccc3n2)cc1. The number of nitrogens with zero attached hydrogens (tertiary/aromatic N) is 1. The number of nitrogens with one attached hydrogen (secondary N) is 2. The van der Waals surface area contributed by atoms with Crippen LogP contribution in [0.3, 0.4) is 0 Å². The molecule has 0 aliphatic rings. The van der Waals surface area contributed by atoms with Crippen molar-refractivity contribution in [2.75, 3.05) is 6.61 Å². The Kier molecular flexibility index (Phi) is 6.52. The molecule has 1 heterocycles. The van der Waals surface area contributed by atoms with Gasteiger partial charge in [0.05, 0.1) is 12.1 Å². The largest absolute Gasteiger partial charge is 0.494 e. The van der Waals surface area contributed by atoms with Crippen LogP contribution >= 0.6 is 0 Å². The number of hydrazine groups is 1. The minimum atomic E-state index is -0.526. The van der Waals surface area contributed by atoms with Gasteiger partial charge in [-0.05, 0) is 43.3 Å². The lowest BCUT2D eigenvalue weighted by Gasteiger charge is -2.08. The van der Waals surface area contributed by atoms with Gasteiger partial charge in [-0.1, -0.05) is 24.3 Å². The minimum absolute atomic E-state index is 0.0317. The molecule has 0 aliphatic carbocycles. The summed E-state index contributed by atoms with van der Waals surface area (Å²) in [7, 11) is 0. The number of fused-ring (bicyclic) bond motifs is 1. The maximum atomic E-state index is 12.2. The molecule has 2 aromatic carbocycles. The highest BCUT2D eigenvalue weighted by atomic mass is 16.5. The van der Waals surface area contributed by atoms with Gasteiger partial charge in [0.1, 0.15) is 11.4 Å². The first-order valence-corrected chi connectivity index (χ1v) is 9.28. The molecule has 0 aliphatic heterocycles. The molecule has 2 amide bonds. The minimum Gasteiger partial charge on any atom is -0.494 e. The predicted molar refractivity (Wildman–Crippen MR) is 109 cm³/mol. The smallest absolute Gasteiger partial charge is 0.288 e. The summed E-state index contributed by atoms with van der Waals surface area (Å²) in [6.07, 6.45) is -0.0125. The molecule has 0 atom stereocenters. The van der Waals surface area contributed by atoms with Crippen molar-refractivity contribution in [3.63, 3.8) is 0 Å². The first-order chi connectivity index (χ1) is 14.1. The molecule has 3 rings (SSSR count). The lowest BCUT2D eigenvalue weighted by molar-refractivity contribution is -0.121. The molecular formula is C22H21N3O4. The van der Waals surface area contributed by atoms with Gasteiger partial charge in [0.2, 0.25) is 5.91 Å². The van der Waals surface area contributed by atoms with E-state index in [1.807, 2.05) is 25.1 Å². The van der Waals surface area contributed by atoms with E-state index in [1.165, 1.54) is 0 Å². The van der Waals surface area contributed by atoms with E-state index in [0.717, 1.165) is 5.39 Å². The van der Waals surface area contributed by atoms with E-state index in [2.05, 4.69) is 15.8 Å². The van der Waals surface area contributed by atoms with Crippen molar-refractivity contribution in [3.8, 4) is 5.75 Å². The molecule has 7 heteroatoms. The monoisotopic (exact) mass is 391 g/mol. The lowest BCUT2D eigenvalue weighted by atomic mass is 10.1. The number of carbonyl (C=O) groups is 3. The topological polar surface area (TPSA) is 97.4 Å². The predicted octanol–water partition coefficient (Wildman–Crippen LogP) is 3.06. The van der Waals surface area contributed by atoms with Crippen LogP contribution in [0.4, 0.5) is 0 Å². The van der Waals surface area contributed by atoms with Gasteiger partial charge in [-0.3, -0.25) is 25.2 Å². The fraction of sp³-hybridized carbons (Fsp3) is 0.182. The molecule has 3 aromatic rings. The molecule has 0 spiro atoms. The number of hydrogen-bond donors (Lipinski definition) is 2. The number of Topliss-reactive ketones (excluding diaryl/α,β-unsaturated/α-hetero) is 1. The van der Waals surface area contributed by atoms with Crippen LogP contribution < -0.4 is 15.6 Å². The Morgan fingerprint density at radius 2 is 1.66 bits per heavy atom. The first-order valence-electron chi connectivity index (χ1n) is 9.28. The van der Waals surface area contributed by atoms with Gasteiger partial charge in [0.15, 0.2) is 5.78 Å². The number of rotatable bonds is 7. The lowest BCUT2D eigenvalue weighted by Crippen LogP contribution is -2.42. The van der Waals surface area contributed by atoms with Crippen molar-refractivity contribution >= 4 is 28.5 Å². The Labute approximate surface area is 168 Å². The maximum absolute atomic E-state index is 12.2. The highest BCUT2D eigenvalue weighted by Gasteiger charge is 2.12. The summed E-state index contributed by atoms with van der Waals surface area (Å²) in [5.41, 5.74) is 6.01. The third kappa shape index (κ3) is 5.38. The van der Waals surface area contributed by atoms with E-state index in [9.17, 15) is 14.4 Å². The highest BCUT2D eigenvalue weighted by Crippen LogP contribution is 2.14. The van der Waals surface area contributed by atoms with E-state index < -0.39 is 11.8 Å². The Morgan fingerprint density at radius 3 is 2.41 bits per heavy atom. The number of para-hydroxylation sites is 1. The second kappa shape index (κ2) is 9.45. The number of aromatic nitrogens is 1. The average molecular weight is 391 g/mol. The summed E-state index contributed by atoms with van der Waals surface area (Å²) in [4.78, 5) is 40.6. The Morgan fingerprint density at radius 1 is 0.897 bits per heavy atom. The quantitative estimate of drug-likeness (QED) is 0.477. The molecule has 0 saturated heterocycles. The summed E-state index contributed by atoms with van der Waals surface area (Å²) in [6.45, 7) is 2.43. The molecule has 2 N–H and O–H groups in total. The van der Waals surface area contributed by atoms with E-state index in [0.29, 0.717) is 23.4 Å². The molecule has 0 saturated carbocycles. The number of ether oxygens (including phenoxy) is 1. The van der Waals surface area contributed by atoms with Crippen molar-refractivity contribution in [1.29, 1.82) is 0 Å². The van der Waals surface area contributed by atoms with Crippen LogP contribution in [0.5, 0.6) is 5.75 Å². The standard InChI is InChI=1S/C22H21N3O4/c1-2-29-17-10-7-16(8-11-17)20(26)13-14-21(27)24-25-22(28)19-12-9-15-5-3-4-6-18(15)23-19/h3-12H,2,13-14H2,1H3,(H,24,27)(H,25,28). The van der Waals surface area contributed by atoms with Gasteiger partial charge >= 0.3 is 0 Å². The van der Waals surface area contributed by atoms with Gasteiger partial charge in [0, 0.05) is 23.8 Å². The number of hydrogen-bond acceptors (Lipinski definition) is 5. The van der Waals surface area contributed by atoms with Crippen molar-refractivity contribution < 1.29 is 19.1 Å². The molecule has 0 radical (unpaired) electrons. The van der Waals surface area contributed by atoms with Gasteiger partial charge < -0.3 is 4.74 Å². The van der Waals surface area contributed by atoms with Gasteiger partial charge in [-0.2, -0.15) is 0 Å². The Balaban J connectivity index is 1.47. The number of ketones is 1. The summed E-state index contributed by atoms with van der Waals surface area (Å²) >= 11 is 0. The molecule has 1 aromatic heterocycles. The van der Waals surface area contributed by atoms with Crippen molar-refractivity contribution in [3.05, 3.63) is 71.9 Å². The number of carbonyl (C=O) groups excluding carboxylic acids is 3. The van der Waals surface area contributed by atoms with E-state index >= 15 is 0 Å². The van der Waals surface area contributed by atoms with Crippen molar-refractivity contribution in [2.24, 2.45) is 0 Å². The fourth-order valence-electron chi connectivity index (χ4n) is 2.72. The van der Waals surface area contributed by atoms with E-state index in [1.54, 1.807) is 42.5 Å². The third-order valence-corrected chi connectivity index (χ3v) is 4.21. The normalized spacial score (nSPS) is 10.4. The van der Waals surface area contributed by atoms with E-state index in [-0.39, 0.29) is 24.3 Å². The Bertz CT molecular complexity index is 1030. The van der Waals surface area contributed by atoms with Crippen molar-refractivity contribution in [1.82, 2.24) is 15.8 Å². The van der Waals surface area contributed by atoms with E-state index in [4.69, 9.17) is 4.74 Å².